The lowest BCUT2D eigenvalue weighted by Crippen LogP contribution is -2.19. The smallest absolute Gasteiger partial charge is 0.0660 e. The largest absolute Gasteiger partial charge is 0.399 e. The monoisotopic (exact) mass is 272 g/mol. The molecule has 98 valence electrons. The molecule has 0 bridgehead atoms. The molecule has 2 aromatic rings. The molecule has 1 fully saturated rings. The maximum Gasteiger partial charge on any atom is 0.0660 e. The van der Waals surface area contributed by atoms with Crippen LogP contribution in [0.25, 0.3) is 0 Å². The quantitative estimate of drug-likeness (QED) is 0.840. The number of benzene rings is 2. The van der Waals surface area contributed by atoms with Crippen molar-refractivity contribution in [2.75, 3.05) is 23.7 Å². The molecule has 0 amide bonds. The van der Waals surface area contributed by atoms with Crippen molar-refractivity contribution in [2.24, 2.45) is 0 Å². The SMILES string of the molecule is Nc1ccc(N2CCC(c3ccccc3)C2)c(Cl)c1. The predicted molar refractivity (Wildman–Crippen MR) is 81.9 cm³/mol. The Labute approximate surface area is 118 Å². The third kappa shape index (κ3) is 2.54. The summed E-state index contributed by atoms with van der Waals surface area (Å²) in [4.78, 5) is 2.35. The van der Waals surface area contributed by atoms with Crippen LogP contribution in [-0.4, -0.2) is 13.1 Å². The van der Waals surface area contributed by atoms with Gasteiger partial charge in [0.1, 0.15) is 0 Å². The maximum atomic E-state index is 6.28. The molecule has 0 aliphatic carbocycles. The van der Waals surface area contributed by atoms with E-state index in [-0.39, 0.29) is 0 Å². The van der Waals surface area contributed by atoms with Gasteiger partial charge in [0.15, 0.2) is 0 Å². The fourth-order valence-electron chi connectivity index (χ4n) is 2.76. The van der Waals surface area contributed by atoms with Gasteiger partial charge in [-0.15, -0.1) is 0 Å². The van der Waals surface area contributed by atoms with E-state index >= 15 is 0 Å². The van der Waals surface area contributed by atoms with Crippen LogP contribution < -0.4 is 10.6 Å². The van der Waals surface area contributed by atoms with Gasteiger partial charge in [-0.2, -0.15) is 0 Å². The summed E-state index contributed by atoms with van der Waals surface area (Å²) in [6.45, 7) is 2.07. The van der Waals surface area contributed by atoms with Crippen molar-refractivity contribution in [3.8, 4) is 0 Å². The molecule has 0 radical (unpaired) electrons. The van der Waals surface area contributed by atoms with Crippen molar-refractivity contribution >= 4 is 23.0 Å². The molecule has 2 N–H and O–H groups in total. The standard InChI is InChI=1S/C16H17ClN2/c17-15-10-14(18)6-7-16(15)19-9-8-13(11-19)12-4-2-1-3-5-12/h1-7,10,13H,8-9,11,18H2. The number of rotatable bonds is 2. The zero-order valence-electron chi connectivity index (χ0n) is 10.7. The minimum atomic E-state index is 0.592. The molecule has 1 aliphatic heterocycles. The van der Waals surface area contributed by atoms with Crippen molar-refractivity contribution in [2.45, 2.75) is 12.3 Å². The summed E-state index contributed by atoms with van der Waals surface area (Å²) in [7, 11) is 0. The zero-order valence-corrected chi connectivity index (χ0v) is 11.5. The normalized spacial score (nSPS) is 18.8. The molecule has 3 heteroatoms. The van der Waals surface area contributed by atoms with E-state index in [1.165, 1.54) is 12.0 Å². The molecule has 1 unspecified atom stereocenters. The van der Waals surface area contributed by atoms with Crippen LogP contribution in [0.15, 0.2) is 48.5 Å². The maximum absolute atomic E-state index is 6.28. The highest BCUT2D eigenvalue weighted by molar-refractivity contribution is 6.33. The van der Waals surface area contributed by atoms with E-state index in [1.807, 2.05) is 18.2 Å². The second-order valence-corrected chi connectivity index (χ2v) is 5.46. The lowest BCUT2D eigenvalue weighted by molar-refractivity contribution is 0.775. The second kappa shape index (κ2) is 5.14. The van der Waals surface area contributed by atoms with Crippen molar-refractivity contribution in [3.05, 3.63) is 59.1 Å². The Hall–Kier alpha value is -1.67. The van der Waals surface area contributed by atoms with E-state index in [9.17, 15) is 0 Å². The Balaban J connectivity index is 1.79. The van der Waals surface area contributed by atoms with E-state index in [1.54, 1.807) is 0 Å². The third-order valence-corrected chi connectivity index (χ3v) is 4.07. The van der Waals surface area contributed by atoms with Crippen LogP contribution in [0.3, 0.4) is 0 Å². The summed E-state index contributed by atoms with van der Waals surface area (Å²) in [6.07, 6.45) is 1.17. The molecular formula is C16H17ClN2. The molecule has 0 aromatic heterocycles. The Bertz CT molecular complexity index is 568. The fraction of sp³-hybridized carbons (Fsp3) is 0.250. The summed E-state index contributed by atoms with van der Waals surface area (Å²) in [5.41, 5.74) is 8.96. The average molecular weight is 273 g/mol. The van der Waals surface area contributed by atoms with Crippen molar-refractivity contribution < 1.29 is 0 Å². The lowest BCUT2D eigenvalue weighted by atomic mass is 9.99. The van der Waals surface area contributed by atoms with E-state index in [2.05, 4.69) is 35.2 Å². The Kier molecular flexibility index (Phi) is 3.34. The molecule has 1 aliphatic rings. The first kappa shape index (κ1) is 12.4. The Morgan fingerprint density at radius 3 is 2.63 bits per heavy atom. The second-order valence-electron chi connectivity index (χ2n) is 5.05. The minimum Gasteiger partial charge on any atom is -0.399 e. The first-order valence-electron chi connectivity index (χ1n) is 6.59. The van der Waals surface area contributed by atoms with Crippen LogP contribution in [0.2, 0.25) is 5.02 Å². The van der Waals surface area contributed by atoms with Gasteiger partial charge < -0.3 is 10.6 Å². The zero-order chi connectivity index (χ0) is 13.2. The highest BCUT2D eigenvalue weighted by atomic mass is 35.5. The molecule has 1 saturated heterocycles. The minimum absolute atomic E-state index is 0.592. The van der Waals surface area contributed by atoms with Crippen LogP contribution >= 0.6 is 11.6 Å². The first-order valence-corrected chi connectivity index (χ1v) is 6.97. The molecule has 19 heavy (non-hydrogen) atoms. The van der Waals surface area contributed by atoms with Crippen LogP contribution in [0.5, 0.6) is 0 Å². The Morgan fingerprint density at radius 1 is 1.11 bits per heavy atom. The molecule has 1 atom stereocenters. The molecule has 2 aromatic carbocycles. The molecular weight excluding hydrogens is 256 g/mol. The van der Waals surface area contributed by atoms with Crippen LogP contribution in [0.4, 0.5) is 11.4 Å². The first-order chi connectivity index (χ1) is 9.24. The van der Waals surface area contributed by atoms with Gasteiger partial charge >= 0.3 is 0 Å². The van der Waals surface area contributed by atoms with Gasteiger partial charge in [-0.05, 0) is 30.2 Å². The van der Waals surface area contributed by atoms with Gasteiger partial charge in [-0.1, -0.05) is 41.9 Å². The topological polar surface area (TPSA) is 29.3 Å². The van der Waals surface area contributed by atoms with Gasteiger partial charge in [-0.25, -0.2) is 0 Å². The van der Waals surface area contributed by atoms with E-state index in [4.69, 9.17) is 17.3 Å². The predicted octanol–water partition coefficient (Wildman–Crippen LogP) is 3.92. The van der Waals surface area contributed by atoms with Gasteiger partial charge in [0.25, 0.3) is 0 Å². The number of hydrogen-bond acceptors (Lipinski definition) is 2. The fourth-order valence-corrected chi connectivity index (χ4v) is 3.06. The van der Waals surface area contributed by atoms with Crippen molar-refractivity contribution in [3.63, 3.8) is 0 Å². The summed E-state index contributed by atoms with van der Waals surface area (Å²) in [6, 6.07) is 16.4. The van der Waals surface area contributed by atoms with Gasteiger partial charge in [0, 0.05) is 24.7 Å². The van der Waals surface area contributed by atoms with Gasteiger partial charge in [0.2, 0.25) is 0 Å². The van der Waals surface area contributed by atoms with Gasteiger partial charge in [0.05, 0.1) is 10.7 Å². The Morgan fingerprint density at radius 2 is 1.89 bits per heavy atom. The highest BCUT2D eigenvalue weighted by Gasteiger charge is 2.25. The molecule has 3 rings (SSSR count). The number of nitrogen functional groups attached to an aromatic ring is 1. The molecule has 0 spiro atoms. The van der Waals surface area contributed by atoms with Gasteiger partial charge in [-0.3, -0.25) is 0 Å². The lowest BCUT2D eigenvalue weighted by Gasteiger charge is -2.20. The summed E-state index contributed by atoms with van der Waals surface area (Å²) in [5.74, 6) is 0.592. The van der Waals surface area contributed by atoms with Crippen molar-refractivity contribution in [1.82, 2.24) is 0 Å². The average Bonchev–Trinajstić information content (AvgIpc) is 2.89. The molecule has 0 saturated carbocycles. The summed E-state index contributed by atoms with van der Waals surface area (Å²) in [5, 5.41) is 0.744. The van der Waals surface area contributed by atoms with E-state index in [0.29, 0.717) is 11.6 Å². The number of nitrogens with zero attached hydrogens (tertiary/aromatic N) is 1. The van der Waals surface area contributed by atoms with E-state index in [0.717, 1.165) is 23.8 Å². The van der Waals surface area contributed by atoms with E-state index < -0.39 is 0 Å². The summed E-state index contributed by atoms with van der Waals surface area (Å²) < 4.78 is 0. The number of halogens is 1. The van der Waals surface area contributed by atoms with Crippen LogP contribution in [0.1, 0.15) is 17.9 Å². The van der Waals surface area contributed by atoms with Crippen LogP contribution in [-0.2, 0) is 0 Å². The van der Waals surface area contributed by atoms with Crippen molar-refractivity contribution in [1.29, 1.82) is 0 Å². The molecule has 2 nitrogen and oxygen atoms in total. The number of nitrogens with two attached hydrogens (primary N) is 1. The summed E-state index contributed by atoms with van der Waals surface area (Å²) >= 11 is 6.28. The van der Waals surface area contributed by atoms with Crippen LogP contribution in [0, 0.1) is 0 Å². The third-order valence-electron chi connectivity index (χ3n) is 3.77. The molecule has 1 heterocycles. The number of hydrogen-bond donors (Lipinski definition) is 1. The number of anilines is 2. The highest BCUT2D eigenvalue weighted by Crippen LogP contribution is 2.35.